The second kappa shape index (κ2) is 2.74. The number of urea groups is 1. The van der Waals surface area contributed by atoms with Crippen molar-refractivity contribution in [2.24, 2.45) is 5.84 Å². The zero-order valence-corrected chi connectivity index (χ0v) is 7.40. The summed E-state index contributed by atoms with van der Waals surface area (Å²) in [7, 11) is 1.72. The van der Waals surface area contributed by atoms with Gasteiger partial charge in [-0.05, 0) is 11.6 Å². The lowest BCUT2D eigenvalue weighted by Crippen LogP contribution is -2.48. The number of hydrogen-bond acceptors (Lipinski definition) is 2. The van der Waals surface area contributed by atoms with Gasteiger partial charge in [-0.25, -0.2) is 10.6 Å². The van der Waals surface area contributed by atoms with Crippen LogP contribution in [0.25, 0.3) is 0 Å². The summed E-state index contributed by atoms with van der Waals surface area (Å²) >= 11 is 0. The molecule has 1 aliphatic heterocycles. The molecule has 0 aliphatic carbocycles. The first kappa shape index (κ1) is 8.07. The molecule has 4 nitrogen and oxygen atoms in total. The van der Waals surface area contributed by atoms with Crippen molar-refractivity contribution in [1.82, 2.24) is 5.01 Å². The summed E-state index contributed by atoms with van der Waals surface area (Å²) in [6, 6.07) is 7.57. The minimum absolute atomic E-state index is 0.168. The lowest BCUT2D eigenvalue weighted by atomic mass is 10.1. The number of carbonyl (C=O) groups excluding carboxylic acids is 1. The molecule has 0 saturated carbocycles. The number of nitrogens with zero attached hydrogens (tertiary/aromatic N) is 2. The number of hydrogen-bond donors (Lipinski definition) is 1. The smallest absolute Gasteiger partial charge is 0.296 e. The fraction of sp³-hybridized carbons (Fsp3) is 0.222. The summed E-state index contributed by atoms with van der Waals surface area (Å²) in [4.78, 5) is 13.0. The van der Waals surface area contributed by atoms with Gasteiger partial charge in [-0.3, -0.25) is 9.91 Å². The highest BCUT2D eigenvalue weighted by Gasteiger charge is 2.24. The van der Waals surface area contributed by atoms with Gasteiger partial charge in [-0.2, -0.15) is 0 Å². The number of carbonyl (C=O) groups is 1. The van der Waals surface area contributed by atoms with Crippen LogP contribution in [-0.4, -0.2) is 18.1 Å². The van der Waals surface area contributed by atoms with E-state index in [2.05, 4.69) is 0 Å². The molecule has 1 heterocycles. The van der Waals surface area contributed by atoms with Crippen LogP contribution in [0.2, 0.25) is 0 Å². The topological polar surface area (TPSA) is 49.6 Å². The Labute approximate surface area is 76.5 Å². The molecule has 2 rings (SSSR count). The second-order valence-corrected chi connectivity index (χ2v) is 3.10. The van der Waals surface area contributed by atoms with E-state index in [4.69, 9.17) is 5.84 Å². The number of hydrazine groups is 1. The van der Waals surface area contributed by atoms with Crippen molar-refractivity contribution in [1.29, 1.82) is 0 Å². The van der Waals surface area contributed by atoms with E-state index in [1.165, 1.54) is 5.01 Å². The molecule has 13 heavy (non-hydrogen) atoms. The zero-order valence-electron chi connectivity index (χ0n) is 7.40. The summed E-state index contributed by atoms with van der Waals surface area (Å²) < 4.78 is 0. The van der Waals surface area contributed by atoms with Crippen LogP contribution >= 0.6 is 0 Å². The number of fused-ring (bicyclic) bond motifs is 1. The van der Waals surface area contributed by atoms with E-state index >= 15 is 0 Å². The maximum atomic E-state index is 11.4. The van der Waals surface area contributed by atoms with Crippen molar-refractivity contribution >= 4 is 11.7 Å². The monoisotopic (exact) mass is 177 g/mol. The second-order valence-electron chi connectivity index (χ2n) is 3.10. The Hall–Kier alpha value is -1.55. The van der Waals surface area contributed by atoms with Gasteiger partial charge in [0.1, 0.15) is 0 Å². The van der Waals surface area contributed by atoms with E-state index in [0.717, 1.165) is 11.3 Å². The SMILES string of the molecule is CN1C(=O)N(N)Cc2ccccc21. The normalized spacial score (nSPS) is 16.0. The van der Waals surface area contributed by atoms with Crippen LogP contribution in [0.15, 0.2) is 24.3 Å². The first-order valence-electron chi connectivity index (χ1n) is 4.08. The van der Waals surface area contributed by atoms with E-state index in [0.29, 0.717) is 6.54 Å². The molecule has 0 radical (unpaired) electrons. The van der Waals surface area contributed by atoms with Gasteiger partial charge in [0.2, 0.25) is 0 Å². The summed E-state index contributed by atoms with van der Waals surface area (Å²) in [5.74, 6) is 5.53. The van der Waals surface area contributed by atoms with Crippen molar-refractivity contribution in [3.05, 3.63) is 29.8 Å². The Morgan fingerprint density at radius 2 is 2.08 bits per heavy atom. The molecule has 68 valence electrons. The van der Waals surface area contributed by atoms with Gasteiger partial charge in [-0.15, -0.1) is 0 Å². The third-order valence-corrected chi connectivity index (χ3v) is 2.23. The number of benzene rings is 1. The number of para-hydroxylation sites is 1. The van der Waals surface area contributed by atoms with Crippen molar-refractivity contribution in [2.75, 3.05) is 11.9 Å². The zero-order chi connectivity index (χ0) is 9.42. The molecule has 0 aromatic heterocycles. The highest BCUT2D eigenvalue weighted by Crippen LogP contribution is 2.24. The fourth-order valence-corrected chi connectivity index (χ4v) is 1.52. The summed E-state index contributed by atoms with van der Waals surface area (Å²) in [6.45, 7) is 0.485. The predicted octanol–water partition coefficient (Wildman–Crippen LogP) is 0.932. The molecule has 0 saturated heterocycles. The lowest BCUT2D eigenvalue weighted by molar-refractivity contribution is 0.201. The molecular formula is C9H11N3O. The van der Waals surface area contributed by atoms with Crippen LogP contribution in [0.5, 0.6) is 0 Å². The molecule has 1 aromatic rings. The van der Waals surface area contributed by atoms with Gasteiger partial charge in [0.25, 0.3) is 0 Å². The first-order chi connectivity index (χ1) is 6.20. The van der Waals surface area contributed by atoms with Crippen LogP contribution in [-0.2, 0) is 6.54 Å². The van der Waals surface area contributed by atoms with Crippen molar-refractivity contribution in [3.63, 3.8) is 0 Å². The van der Waals surface area contributed by atoms with Crippen LogP contribution in [0.4, 0.5) is 10.5 Å². The molecule has 0 atom stereocenters. The average molecular weight is 177 g/mol. The molecule has 0 fully saturated rings. The lowest BCUT2D eigenvalue weighted by Gasteiger charge is -2.31. The molecule has 0 spiro atoms. The highest BCUT2D eigenvalue weighted by atomic mass is 16.2. The summed E-state index contributed by atoms with van der Waals surface area (Å²) in [5, 5.41) is 1.21. The van der Waals surface area contributed by atoms with E-state index in [1.54, 1.807) is 11.9 Å². The Kier molecular flexibility index (Phi) is 1.70. The largest absolute Gasteiger partial charge is 0.338 e. The highest BCUT2D eigenvalue weighted by molar-refractivity contribution is 5.93. The Morgan fingerprint density at radius 3 is 2.85 bits per heavy atom. The summed E-state index contributed by atoms with van der Waals surface area (Å²) in [6.07, 6.45) is 0. The third kappa shape index (κ3) is 1.15. The van der Waals surface area contributed by atoms with Crippen LogP contribution in [0.1, 0.15) is 5.56 Å². The van der Waals surface area contributed by atoms with Crippen molar-refractivity contribution in [3.8, 4) is 0 Å². The predicted molar refractivity (Wildman–Crippen MR) is 50.0 cm³/mol. The van der Waals surface area contributed by atoms with Gasteiger partial charge in [0.05, 0.1) is 12.2 Å². The maximum absolute atomic E-state index is 11.4. The molecular weight excluding hydrogens is 166 g/mol. The van der Waals surface area contributed by atoms with Gasteiger partial charge in [0, 0.05) is 7.05 Å². The molecule has 2 amide bonds. The van der Waals surface area contributed by atoms with Crippen molar-refractivity contribution in [2.45, 2.75) is 6.54 Å². The van der Waals surface area contributed by atoms with Crippen LogP contribution in [0, 0.1) is 0 Å². The first-order valence-corrected chi connectivity index (χ1v) is 4.08. The molecule has 1 aliphatic rings. The quantitative estimate of drug-likeness (QED) is 0.473. The van der Waals surface area contributed by atoms with Crippen molar-refractivity contribution < 1.29 is 4.79 Å². The van der Waals surface area contributed by atoms with Crippen LogP contribution in [0.3, 0.4) is 0 Å². The fourth-order valence-electron chi connectivity index (χ4n) is 1.52. The molecule has 2 N–H and O–H groups in total. The van der Waals surface area contributed by atoms with Crippen LogP contribution < -0.4 is 10.7 Å². The van der Waals surface area contributed by atoms with Gasteiger partial charge >= 0.3 is 6.03 Å². The third-order valence-electron chi connectivity index (χ3n) is 2.23. The Bertz CT molecular complexity index is 350. The molecule has 1 aromatic carbocycles. The van der Waals surface area contributed by atoms with E-state index < -0.39 is 0 Å². The van der Waals surface area contributed by atoms with Gasteiger partial charge in [0.15, 0.2) is 0 Å². The number of rotatable bonds is 0. The molecule has 0 bridgehead atoms. The maximum Gasteiger partial charge on any atom is 0.338 e. The van der Waals surface area contributed by atoms with E-state index in [-0.39, 0.29) is 6.03 Å². The Balaban J connectivity index is 2.49. The molecule has 0 unspecified atom stereocenters. The van der Waals surface area contributed by atoms with E-state index in [1.807, 2.05) is 24.3 Å². The minimum Gasteiger partial charge on any atom is -0.296 e. The number of anilines is 1. The standard InChI is InChI=1S/C9H11N3O/c1-11-8-5-3-2-4-7(8)6-12(10)9(11)13/h2-5H,6,10H2,1H3. The summed E-state index contributed by atoms with van der Waals surface area (Å²) in [5.41, 5.74) is 2.02. The van der Waals surface area contributed by atoms with E-state index in [9.17, 15) is 4.79 Å². The number of nitrogens with two attached hydrogens (primary N) is 1. The van der Waals surface area contributed by atoms with Gasteiger partial charge < -0.3 is 0 Å². The Morgan fingerprint density at radius 1 is 1.38 bits per heavy atom. The number of amides is 2. The minimum atomic E-state index is -0.168. The van der Waals surface area contributed by atoms with Gasteiger partial charge in [-0.1, -0.05) is 18.2 Å². The molecule has 4 heteroatoms. The average Bonchev–Trinajstić information content (AvgIpc) is 2.15.